The van der Waals surface area contributed by atoms with Crippen LogP contribution in [0, 0.1) is 0 Å². The van der Waals surface area contributed by atoms with Crippen molar-refractivity contribution in [2.24, 2.45) is 5.84 Å². The average molecular weight is 263 g/mol. The molecule has 0 fully saturated rings. The van der Waals surface area contributed by atoms with Gasteiger partial charge in [-0.05, 0) is 25.5 Å². The summed E-state index contributed by atoms with van der Waals surface area (Å²) in [6.07, 6.45) is 2.16. The van der Waals surface area contributed by atoms with E-state index in [0.717, 1.165) is 22.1 Å². The van der Waals surface area contributed by atoms with Gasteiger partial charge in [-0.25, -0.2) is 5.43 Å². The maximum Gasteiger partial charge on any atom is 0.0931 e. The van der Waals surface area contributed by atoms with E-state index in [2.05, 4.69) is 12.3 Å². The summed E-state index contributed by atoms with van der Waals surface area (Å²) >= 11 is 7.47. The summed E-state index contributed by atoms with van der Waals surface area (Å²) in [5, 5.41) is 0. The number of nitrogens with two attached hydrogens (primary N) is 1. The largest absolute Gasteiger partial charge is 0.376 e. The molecule has 0 amide bonds. The van der Waals surface area contributed by atoms with E-state index in [1.54, 1.807) is 11.3 Å². The van der Waals surface area contributed by atoms with Gasteiger partial charge in [-0.1, -0.05) is 24.9 Å². The Morgan fingerprint density at radius 3 is 2.69 bits per heavy atom. The monoisotopic (exact) mass is 262 g/mol. The molecule has 3 nitrogen and oxygen atoms in total. The molecule has 1 aromatic rings. The Hall–Kier alpha value is -0.130. The molecule has 0 spiro atoms. The fraction of sp³-hybridized carbons (Fsp3) is 0.636. The lowest BCUT2D eigenvalue weighted by molar-refractivity contribution is 0.0285. The number of halogens is 1. The average Bonchev–Trinajstić information content (AvgIpc) is 2.67. The maximum atomic E-state index is 5.93. The third-order valence-corrected chi connectivity index (χ3v) is 3.72. The van der Waals surface area contributed by atoms with E-state index < -0.39 is 0 Å². The van der Waals surface area contributed by atoms with Gasteiger partial charge in [0.25, 0.3) is 0 Å². The second kappa shape index (κ2) is 7.25. The molecular weight excluding hydrogens is 244 g/mol. The minimum absolute atomic E-state index is 0.0254. The smallest absolute Gasteiger partial charge is 0.0931 e. The van der Waals surface area contributed by atoms with Gasteiger partial charge < -0.3 is 4.74 Å². The zero-order valence-corrected chi connectivity index (χ0v) is 11.3. The van der Waals surface area contributed by atoms with Gasteiger partial charge in [0.05, 0.1) is 16.5 Å². The summed E-state index contributed by atoms with van der Waals surface area (Å²) in [7, 11) is 0. The Morgan fingerprint density at radius 1 is 1.50 bits per heavy atom. The highest BCUT2D eigenvalue weighted by Crippen LogP contribution is 2.30. The minimum Gasteiger partial charge on any atom is -0.376 e. The van der Waals surface area contributed by atoms with Crippen molar-refractivity contribution in [3.05, 3.63) is 21.3 Å². The third-order valence-electron chi connectivity index (χ3n) is 2.41. The Labute approximate surface area is 106 Å². The van der Waals surface area contributed by atoms with Crippen molar-refractivity contribution in [2.75, 3.05) is 6.61 Å². The normalized spacial score (nSPS) is 15.0. The van der Waals surface area contributed by atoms with Crippen molar-refractivity contribution < 1.29 is 4.74 Å². The van der Waals surface area contributed by atoms with E-state index in [9.17, 15) is 0 Å². The summed E-state index contributed by atoms with van der Waals surface area (Å²) < 4.78 is 6.50. The first-order chi connectivity index (χ1) is 7.72. The number of hydrogen-bond donors (Lipinski definition) is 2. The van der Waals surface area contributed by atoms with Gasteiger partial charge in [0, 0.05) is 11.5 Å². The van der Waals surface area contributed by atoms with E-state index in [4.69, 9.17) is 22.2 Å². The Morgan fingerprint density at radius 2 is 2.25 bits per heavy atom. The molecule has 0 aliphatic heterocycles. The molecule has 0 bridgehead atoms. The van der Waals surface area contributed by atoms with Crippen molar-refractivity contribution in [3.63, 3.8) is 0 Å². The topological polar surface area (TPSA) is 47.3 Å². The number of hydrogen-bond acceptors (Lipinski definition) is 4. The van der Waals surface area contributed by atoms with Crippen LogP contribution in [0.5, 0.6) is 0 Å². The lowest BCUT2D eigenvalue weighted by atomic mass is 10.1. The Bertz CT molecular complexity index is 300. The molecule has 0 aliphatic rings. The highest BCUT2D eigenvalue weighted by atomic mass is 35.5. The van der Waals surface area contributed by atoms with E-state index in [0.29, 0.717) is 6.61 Å². The molecular formula is C11H19ClN2OS. The molecule has 16 heavy (non-hydrogen) atoms. The van der Waals surface area contributed by atoms with Gasteiger partial charge in [-0.2, -0.15) is 0 Å². The lowest BCUT2D eigenvalue weighted by Gasteiger charge is -2.25. The van der Waals surface area contributed by atoms with E-state index >= 15 is 0 Å². The number of hydrazine groups is 1. The quantitative estimate of drug-likeness (QED) is 0.586. The lowest BCUT2D eigenvalue weighted by Crippen LogP contribution is -2.37. The number of rotatable bonds is 7. The van der Waals surface area contributed by atoms with Crippen LogP contribution in [-0.2, 0) is 4.74 Å². The minimum atomic E-state index is 0.0254. The molecule has 0 saturated carbocycles. The Balaban J connectivity index is 2.76. The summed E-state index contributed by atoms with van der Waals surface area (Å²) in [6.45, 7) is 4.83. The van der Waals surface area contributed by atoms with Crippen LogP contribution in [0.1, 0.15) is 37.6 Å². The van der Waals surface area contributed by atoms with Crippen molar-refractivity contribution >= 4 is 22.9 Å². The summed E-state index contributed by atoms with van der Waals surface area (Å²) in [4.78, 5) is 1.12. The van der Waals surface area contributed by atoms with Crippen LogP contribution in [0.15, 0.2) is 12.1 Å². The first-order valence-electron chi connectivity index (χ1n) is 5.55. The van der Waals surface area contributed by atoms with Crippen LogP contribution >= 0.6 is 22.9 Å². The number of thiophene rings is 1. The van der Waals surface area contributed by atoms with Crippen LogP contribution in [0.25, 0.3) is 0 Å². The number of ether oxygens (including phenoxy) is 1. The van der Waals surface area contributed by atoms with Crippen molar-refractivity contribution in [2.45, 2.75) is 38.8 Å². The first kappa shape index (κ1) is 13.9. The van der Waals surface area contributed by atoms with E-state index in [1.807, 2.05) is 19.1 Å². The Kier molecular flexibility index (Phi) is 6.31. The standard InChI is InChI=1S/C11H19ClN2OS/c1-3-5-8(15-4-2)11(14-13)9-6-7-10(12)16-9/h6-8,11,14H,3-5,13H2,1-2H3. The van der Waals surface area contributed by atoms with E-state index in [1.165, 1.54) is 0 Å². The summed E-state index contributed by atoms with van der Waals surface area (Å²) in [5.41, 5.74) is 2.83. The molecule has 2 unspecified atom stereocenters. The predicted molar refractivity (Wildman–Crippen MR) is 69.7 cm³/mol. The van der Waals surface area contributed by atoms with Crippen LogP contribution in [0.2, 0.25) is 4.34 Å². The fourth-order valence-electron chi connectivity index (χ4n) is 1.71. The first-order valence-corrected chi connectivity index (χ1v) is 6.75. The van der Waals surface area contributed by atoms with Gasteiger partial charge >= 0.3 is 0 Å². The predicted octanol–water partition coefficient (Wildman–Crippen LogP) is 3.11. The van der Waals surface area contributed by atoms with Gasteiger partial charge in [-0.15, -0.1) is 11.3 Å². The second-order valence-electron chi connectivity index (χ2n) is 3.57. The fourth-order valence-corrected chi connectivity index (χ4v) is 2.89. The molecule has 2 atom stereocenters. The van der Waals surface area contributed by atoms with Crippen molar-refractivity contribution in [3.8, 4) is 0 Å². The highest BCUT2D eigenvalue weighted by molar-refractivity contribution is 7.16. The van der Waals surface area contributed by atoms with Crippen LogP contribution in [0.4, 0.5) is 0 Å². The molecule has 1 heterocycles. The SMILES string of the molecule is CCCC(OCC)C(NN)c1ccc(Cl)s1. The number of nitrogens with one attached hydrogen (secondary N) is 1. The van der Waals surface area contributed by atoms with Gasteiger partial charge in [0.2, 0.25) is 0 Å². The summed E-state index contributed by atoms with van der Waals surface area (Å²) in [6, 6.07) is 3.91. The molecule has 3 N–H and O–H groups in total. The molecule has 1 rings (SSSR count). The molecule has 0 radical (unpaired) electrons. The van der Waals surface area contributed by atoms with Gasteiger partial charge in [-0.3, -0.25) is 5.84 Å². The van der Waals surface area contributed by atoms with Crippen molar-refractivity contribution in [1.82, 2.24) is 5.43 Å². The molecule has 0 saturated heterocycles. The molecule has 0 aliphatic carbocycles. The van der Waals surface area contributed by atoms with Crippen molar-refractivity contribution in [1.29, 1.82) is 0 Å². The van der Waals surface area contributed by atoms with Crippen LogP contribution in [-0.4, -0.2) is 12.7 Å². The summed E-state index contributed by atoms with van der Waals surface area (Å²) in [5.74, 6) is 5.61. The molecule has 1 aromatic heterocycles. The van der Waals surface area contributed by atoms with Crippen LogP contribution in [0.3, 0.4) is 0 Å². The third kappa shape index (κ3) is 3.71. The zero-order chi connectivity index (χ0) is 12.0. The maximum absolute atomic E-state index is 5.93. The van der Waals surface area contributed by atoms with Gasteiger partial charge in [0.1, 0.15) is 0 Å². The van der Waals surface area contributed by atoms with E-state index in [-0.39, 0.29) is 12.1 Å². The van der Waals surface area contributed by atoms with Crippen LogP contribution < -0.4 is 11.3 Å². The second-order valence-corrected chi connectivity index (χ2v) is 5.32. The zero-order valence-electron chi connectivity index (χ0n) is 9.70. The highest BCUT2D eigenvalue weighted by Gasteiger charge is 2.23. The molecule has 92 valence electrons. The molecule has 5 heteroatoms. The molecule has 0 aromatic carbocycles. The van der Waals surface area contributed by atoms with Gasteiger partial charge in [0.15, 0.2) is 0 Å².